The molecule has 0 radical (unpaired) electrons. The molecule has 3 saturated heterocycles. The fourth-order valence-electron chi connectivity index (χ4n) is 16.3. The number of nitrogens with zero attached hydrogens (tertiary/aromatic N) is 4. The third kappa shape index (κ3) is 17.6. The Morgan fingerprint density at radius 2 is 1.46 bits per heavy atom. The van der Waals surface area contributed by atoms with Gasteiger partial charge in [0.25, 0.3) is 11.7 Å². The van der Waals surface area contributed by atoms with Gasteiger partial charge in [-0.3, -0.25) is 43.5 Å². The number of phenolic OH excluding ortho intramolecular Hbond substituents is 1. The number of methoxy groups -OCH3 is 1. The molecule has 13 rings (SSSR count). The lowest BCUT2D eigenvalue weighted by Crippen LogP contribution is -2.50. The predicted octanol–water partition coefficient (Wildman–Crippen LogP) is 11.2. The van der Waals surface area contributed by atoms with Gasteiger partial charge in [0.05, 0.1) is 84.8 Å². The molecule has 7 N–H and O–H groups in total. The number of nitrogens with one attached hydrogen (secondary N) is 3. The van der Waals surface area contributed by atoms with E-state index in [2.05, 4.69) is 46.8 Å². The van der Waals surface area contributed by atoms with Crippen LogP contribution in [-0.4, -0.2) is 186 Å². The van der Waals surface area contributed by atoms with E-state index in [1.807, 2.05) is 17.0 Å². The third-order valence-corrected chi connectivity index (χ3v) is 22.9. The van der Waals surface area contributed by atoms with E-state index in [4.69, 9.17) is 45.0 Å². The normalized spacial score (nSPS) is 28.5. The van der Waals surface area contributed by atoms with Crippen molar-refractivity contribution in [2.45, 2.75) is 163 Å². The van der Waals surface area contributed by atoms with Gasteiger partial charge >= 0.3 is 17.8 Å². The molecule has 25 nitrogen and oxygen atoms in total. The summed E-state index contributed by atoms with van der Waals surface area (Å²) in [4.78, 5) is 115. The highest BCUT2D eigenvalue weighted by molar-refractivity contribution is 6.35. The molecule has 0 unspecified atom stereocenters. The number of piperidine rings is 1. The number of likely N-dealkylation sites (tertiary alicyclic amines) is 1. The van der Waals surface area contributed by atoms with Crippen molar-refractivity contribution < 1.29 is 91.6 Å². The molecule has 4 fully saturated rings. The second kappa shape index (κ2) is 34.6. The van der Waals surface area contributed by atoms with Gasteiger partial charge in [0, 0.05) is 136 Å². The molecule has 6 aliphatic heterocycles. The van der Waals surface area contributed by atoms with Crippen molar-refractivity contribution in [2.75, 3.05) is 75.9 Å². The Bertz CT molecular complexity index is 4470. The number of Topliss-reactive ketones (excluding diaryl/α,β-unsaturated/α-hetero) is 4. The van der Waals surface area contributed by atoms with Crippen LogP contribution in [0.4, 0.5) is 20.6 Å². The predicted molar refractivity (Wildman–Crippen MR) is 413 cm³/mol. The lowest BCUT2D eigenvalue weighted by atomic mass is 9.72. The molecule has 594 valence electrons. The topological polar surface area (TPSA) is 331 Å². The molecule has 9 aliphatic rings. The number of halogens is 2. The van der Waals surface area contributed by atoms with E-state index in [0.717, 1.165) is 50.3 Å². The maximum absolute atomic E-state index is 14.7. The number of aromatic hydroxyl groups is 1. The molecule has 111 heavy (non-hydrogen) atoms. The number of carbonyl (C=O) groups is 8. The summed E-state index contributed by atoms with van der Waals surface area (Å²) in [6.07, 6.45) is 7.49. The largest absolute Gasteiger partial charge is 0.507 e. The van der Waals surface area contributed by atoms with Gasteiger partial charge in [-0.1, -0.05) is 108 Å². The van der Waals surface area contributed by atoms with Gasteiger partial charge < -0.3 is 74.6 Å². The van der Waals surface area contributed by atoms with Crippen molar-refractivity contribution in [1.82, 2.24) is 20.9 Å². The number of hydrogen-bond acceptors (Lipinski definition) is 22. The number of morpholine rings is 1. The Kier molecular flexibility index (Phi) is 25.7. The first-order valence-electron chi connectivity index (χ1n) is 38.1. The summed E-state index contributed by atoms with van der Waals surface area (Å²) in [5.74, 6) is -7.99. The number of anilines is 2. The smallest absolute Gasteiger partial charge is 0.414 e. The molecular formula is C84H101ClFN7O18. The van der Waals surface area contributed by atoms with Gasteiger partial charge in [-0.25, -0.2) is 9.18 Å². The Labute approximate surface area is 650 Å². The number of amides is 3. The molecule has 5 bridgehead atoms. The minimum atomic E-state index is -1.97. The summed E-state index contributed by atoms with van der Waals surface area (Å²) in [5.41, 5.74) is 3.02. The Morgan fingerprint density at radius 1 is 0.802 bits per heavy atom. The lowest BCUT2D eigenvalue weighted by Gasteiger charge is -2.38. The van der Waals surface area contributed by atoms with Gasteiger partial charge in [-0.2, -0.15) is 0 Å². The molecule has 0 aromatic heterocycles. The summed E-state index contributed by atoms with van der Waals surface area (Å²) >= 11 is 5.96. The van der Waals surface area contributed by atoms with Crippen molar-refractivity contribution in [3.05, 3.63) is 175 Å². The van der Waals surface area contributed by atoms with E-state index < -0.39 is 107 Å². The zero-order valence-electron chi connectivity index (χ0n) is 64.8. The first-order chi connectivity index (χ1) is 52.7. The number of phenols is 1. The summed E-state index contributed by atoms with van der Waals surface area (Å²) in [6.45, 7) is 23.8. The highest BCUT2D eigenvalue weighted by Crippen LogP contribution is 2.51. The van der Waals surface area contributed by atoms with E-state index >= 15 is 0 Å². The molecule has 3 amide bonds. The van der Waals surface area contributed by atoms with Gasteiger partial charge in [0.1, 0.15) is 40.9 Å². The second-order valence-electron chi connectivity index (χ2n) is 30.9. The molecule has 6 heterocycles. The van der Waals surface area contributed by atoms with Crippen LogP contribution in [0.25, 0.3) is 0 Å². The molecular weight excluding hydrogens is 1450 g/mol. The number of cyclic esters (lactones) is 1. The number of ether oxygens (including phenoxy) is 6. The zero-order valence-corrected chi connectivity index (χ0v) is 65.6. The molecule has 10 atom stereocenters. The van der Waals surface area contributed by atoms with Crippen LogP contribution in [0.1, 0.15) is 172 Å². The molecule has 27 heteroatoms. The van der Waals surface area contributed by atoms with Gasteiger partial charge in [-0.05, 0) is 99.3 Å². The van der Waals surface area contributed by atoms with Crippen LogP contribution in [0.3, 0.4) is 0 Å². The number of allylic oxidation sites excluding steroid dienone is 6. The maximum Gasteiger partial charge on any atom is 0.414 e. The lowest BCUT2D eigenvalue weighted by molar-refractivity contribution is -0.160. The van der Waals surface area contributed by atoms with E-state index in [1.54, 1.807) is 95.3 Å². The highest BCUT2D eigenvalue weighted by Gasteiger charge is 2.55. The van der Waals surface area contributed by atoms with Crippen molar-refractivity contribution in [3.63, 3.8) is 0 Å². The Balaban J connectivity index is 0.000000198. The molecule has 1 spiro atoms. The van der Waals surface area contributed by atoms with E-state index in [1.165, 1.54) is 57.6 Å². The van der Waals surface area contributed by atoms with Crippen LogP contribution < -0.4 is 30.5 Å². The maximum atomic E-state index is 14.7. The monoisotopic (exact) mass is 1550 g/mol. The van der Waals surface area contributed by atoms with Gasteiger partial charge in [0.15, 0.2) is 11.5 Å². The fourth-order valence-corrected chi connectivity index (χ4v) is 16.4. The molecule has 3 aliphatic carbocycles. The molecule has 1 saturated carbocycles. The zero-order chi connectivity index (χ0) is 80.2. The van der Waals surface area contributed by atoms with Crippen LogP contribution in [0, 0.1) is 48.2 Å². The Morgan fingerprint density at radius 3 is 2.09 bits per heavy atom. The van der Waals surface area contributed by atoms with Gasteiger partial charge in [0.2, 0.25) is 17.5 Å². The number of ketones is 4. The molecule has 4 aromatic carbocycles. The minimum absolute atomic E-state index is 0.0164. The quantitative estimate of drug-likeness (QED) is 0.0725. The fraction of sp³-hybridized carbons (Fsp3) is 0.488. The number of fused-ring (bicyclic) bond motifs is 4. The summed E-state index contributed by atoms with van der Waals surface area (Å²) in [6, 6.07) is 19.3. The van der Waals surface area contributed by atoms with Gasteiger partial charge in [-0.15, -0.1) is 0 Å². The van der Waals surface area contributed by atoms with Crippen molar-refractivity contribution in [3.8, 4) is 11.5 Å². The number of aliphatic imine (C=N–C) groups is 1. The summed E-state index contributed by atoms with van der Waals surface area (Å²) < 4.78 is 48.9. The Hall–Kier alpha value is -9.57. The van der Waals surface area contributed by atoms with Crippen molar-refractivity contribution >= 4 is 75.7 Å². The van der Waals surface area contributed by atoms with Crippen molar-refractivity contribution in [2.24, 2.45) is 40.5 Å². The standard InChI is InChI=1S/C46H62N4O11.C22H19ClO3.C16H20FN3O4/c1-22(2)21-50-18-16-46(17-19-50)48-34-31-32-39(54)28(8)42-33(31)43(56)45(10,61-42)59-20-15-30(58-11)25(5)41(60-29(9)51)27(7)38(53)26(6)37(52)23(3)13-12-14-24(4)44(57)47-36(40(32)55)35(34)49-46;23-16-11-9-14(10-12-16)13-5-7-15(8-6-13)19-20(24)17-3-1-2-4-18(17)21(25)22(19)26;1-11(21)18-9-13-10-20(16(22)24-13)12-2-3-15(14(17)8-12)19-4-6-23-7-5-19/h12-15,20,22-23,25-27,30,37-38,41,49,52-54H,16-19,21H2,1-11H3,(H,47,57);1-4,9-13,15,26H,5-8H2;2-3,8,13H,4-7,9-10H2,1H3,(H,18,21)/b13-12-,20-15-,24-14-;;/t23-,25+,26+,27+,30-,37-,38+,41+,45-;13-,15-;13-/m0.0/s1. The van der Waals surface area contributed by atoms with Crippen LogP contribution in [0.2, 0.25) is 5.02 Å². The van der Waals surface area contributed by atoms with E-state index in [0.29, 0.717) is 79.1 Å². The minimum Gasteiger partial charge on any atom is -0.507 e. The van der Waals surface area contributed by atoms with E-state index in [9.17, 15) is 63.2 Å². The first kappa shape index (κ1) is 82.4. The number of aliphatic hydroxyl groups is 3. The highest BCUT2D eigenvalue weighted by atomic mass is 35.5. The number of hydrogen-bond donors (Lipinski definition) is 7. The van der Waals surface area contributed by atoms with E-state index in [-0.39, 0.29) is 93.0 Å². The number of benzene rings is 4. The average molecular weight is 1550 g/mol. The number of rotatable bonds is 10. The SMILES string of the molecule is CC(=O)NC[C@H]1CN(c2ccc(N3CCOCC3)c(F)c2)C(=O)O1.CO[C@H]1/C=C\O[C@@]2(C)Oc3c(C)c(O)c4c(c3C2=O)C2=NC3(CCN(CC(C)C)CC3)NC2=C(NC(=O)/C(C)=C\C=C/[C@H](C)[C@H](O)[C@@H](C)[C@@H](O)[C@@H](C)[C@H](OC(C)=O)[C@@H]1C)C4=O.O=C1C(O)=C([C@H]2CC[C@H](c3ccc(Cl)cc3)CC2)C(=O)c2ccccc21. The second-order valence-corrected chi connectivity index (χ2v) is 31.3. The number of aliphatic hydroxyl groups excluding tert-OH is 3. The van der Waals surface area contributed by atoms with Crippen LogP contribution >= 0.6 is 11.6 Å². The number of esters is 1. The van der Waals surface area contributed by atoms with Crippen LogP contribution in [0.15, 0.2) is 131 Å². The van der Waals surface area contributed by atoms with Crippen LogP contribution in [-0.2, 0) is 38.1 Å². The molecule has 4 aromatic rings. The third-order valence-electron chi connectivity index (χ3n) is 22.6. The number of carbonyl (C=O) groups excluding carboxylic acids is 8. The van der Waals surface area contributed by atoms with Crippen LogP contribution in [0.5, 0.6) is 11.5 Å². The van der Waals surface area contributed by atoms with Crippen molar-refractivity contribution in [1.29, 1.82) is 0 Å². The average Bonchev–Trinajstić information content (AvgIpc) is 1.55. The summed E-state index contributed by atoms with van der Waals surface area (Å²) in [5, 5.41) is 54.8. The first-order valence-corrected chi connectivity index (χ1v) is 38.5. The summed E-state index contributed by atoms with van der Waals surface area (Å²) in [7, 11) is 1.46.